The standard InChI is InChI=1S/C11H16FNO/c1-7(2)5-11(13)9-4-3-8(14)6-10(9)12/h3-4,6-7,11,14H,5,13H2,1-2H3/t11-/m1/s1. The molecule has 0 unspecified atom stereocenters. The fraction of sp³-hybridized carbons (Fsp3) is 0.455. The molecule has 1 rings (SSSR count). The van der Waals surface area contributed by atoms with Crippen molar-refractivity contribution >= 4 is 0 Å². The number of hydrogen-bond acceptors (Lipinski definition) is 2. The van der Waals surface area contributed by atoms with Gasteiger partial charge >= 0.3 is 0 Å². The lowest BCUT2D eigenvalue weighted by Crippen LogP contribution is -2.14. The molecule has 0 heterocycles. The Morgan fingerprint density at radius 2 is 2.07 bits per heavy atom. The van der Waals surface area contributed by atoms with Crippen LogP contribution in [0.5, 0.6) is 5.75 Å². The molecular formula is C11H16FNO. The minimum atomic E-state index is -0.432. The van der Waals surface area contributed by atoms with Crippen LogP contribution >= 0.6 is 0 Å². The third kappa shape index (κ3) is 2.70. The van der Waals surface area contributed by atoms with Crippen LogP contribution in [0, 0.1) is 11.7 Å². The second-order valence-electron chi connectivity index (χ2n) is 3.94. The third-order valence-electron chi connectivity index (χ3n) is 2.11. The molecule has 78 valence electrons. The van der Waals surface area contributed by atoms with Crippen LogP contribution < -0.4 is 5.73 Å². The van der Waals surface area contributed by atoms with Crippen LogP contribution in [-0.2, 0) is 0 Å². The molecule has 1 atom stereocenters. The topological polar surface area (TPSA) is 46.2 Å². The highest BCUT2D eigenvalue weighted by Gasteiger charge is 2.12. The largest absolute Gasteiger partial charge is 0.508 e. The van der Waals surface area contributed by atoms with Gasteiger partial charge in [0.1, 0.15) is 11.6 Å². The van der Waals surface area contributed by atoms with Gasteiger partial charge in [0.05, 0.1) is 0 Å². The zero-order chi connectivity index (χ0) is 10.7. The van der Waals surface area contributed by atoms with Gasteiger partial charge in [0.2, 0.25) is 0 Å². The fourth-order valence-electron chi connectivity index (χ4n) is 1.45. The molecule has 14 heavy (non-hydrogen) atoms. The number of benzene rings is 1. The average Bonchev–Trinajstić information content (AvgIpc) is 2.01. The van der Waals surface area contributed by atoms with Crippen LogP contribution in [0.25, 0.3) is 0 Å². The fourth-order valence-corrected chi connectivity index (χ4v) is 1.45. The maximum atomic E-state index is 13.3. The molecule has 0 bridgehead atoms. The van der Waals surface area contributed by atoms with Gasteiger partial charge in [-0.15, -0.1) is 0 Å². The highest BCUT2D eigenvalue weighted by Crippen LogP contribution is 2.23. The highest BCUT2D eigenvalue weighted by atomic mass is 19.1. The van der Waals surface area contributed by atoms with Crippen molar-refractivity contribution in [3.63, 3.8) is 0 Å². The minimum Gasteiger partial charge on any atom is -0.508 e. The van der Waals surface area contributed by atoms with Gasteiger partial charge in [0.15, 0.2) is 0 Å². The van der Waals surface area contributed by atoms with Crippen LogP contribution in [0.2, 0.25) is 0 Å². The van der Waals surface area contributed by atoms with Crippen molar-refractivity contribution in [3.05, 3.63) is 29.6 Å². The smallest absolute Gasteiger partial charge is 0.131 e. The zero-order valence-electron chi connectivity index (χ0n) is 8.50. The van der Waals surface area contributed by atoms with E-state index >= 15 is 0 Å². The van der Waals surface area contributed by atoms with E-state index in [2.05, 4.69) is 0 Å². The Balaban J connectivity index is 2.84. The van der Waals surface area contributed by atoms with Gasteiger partial charge in [-0.1, -0.05) is 19.9 Å². The summed E-state index contributed by atoms with van der Waals surface area (Å²) >= 11 is 0. The molecular weight excluding hydrogens is 181 g/mol. The predicted octanol–water partition coefficient (Wildman–Crippen LogP) is 2.58. The van der Waals surface area contributed by atoms with Crippen LogP contribution in [0.3, 0.4) is 0 Å². The Hall–Kier alpha value is -1.09. The molecule has 3 N–H and O–H groups in total. The van der Waals surface area contributed by atoms with E-state index in [1.54, 1.807) is 0 Å². The second kappa shape index (κ2) is 4.42. The van der Waals surface area contributed by atoms with Crippen molar-refractivity contribution in [3.8, 4) is 5.75 Å². The molecule has 0 spiro atoms. The lowest BCUT2D eigenvalue weighted by Gasteiger charge is -2.15. The van der Waals surface area contributed by atoms with Crippen molar-refractivity contribution in [2.75, 3.05) is 0 Å². The average molecular weight is 197 g/mol. The van der Waals surface area contributed by atoms with Crippen molar-refractivity contribution < 1.29 is 9.50 Å². The first-order valence-electron chi connectivity index (χ1n) is 4.74. The maximum absolute atomic E-state index is 13.3. The van der Waals surface area contributed by atoms with Crippen molar-refractivity contribution in [2.45, 2.75) is 26.3 Å². The summed E-state index contributed by atoms with van der Waals surface area (Å²) < 4.78 is 13.3. The number of halogens is 1. The van der Waals surface area contributed by atoms with E-state index in [4.69, 9.17) is 10.8 Å². The van der Waals surface area contributed by atoms with E-state index in [0.717, 1.165) is 12.5 Å². The first-order valence-corrected chi connectivity index (χ1v) is 4.74. The highest BCUT2D eigenvalue weighted by molar-refractivity contribution is 5.29. The van der Waals surface area contributed by atoms with E-state index in [1.807, 2.05) is 13.8 Å². The number of phenolic OH excluding ortho intramolecular Hbond substituents is 1. The molecule has 0 aliphatic heterocycles. The van der Waals surface area contributed by atoms with Gasteiger partial charge in [0, 0.05) is 17.7 Å². The molecule has 0 aliphatic rings. The molecule has 0 fully saturated rings. The minimum absolute atomic E-state index is 0.0667. The van der Waals surface area contributed by atoms with Gasteiger partial charge in [0.25, 0.3) is 0 Å². The summed E-state index contributed by atoms with van der Waals surface area (Å²) in [5.74, 6) is -0.0700. The molecule has 0 saturated carbocycles. The summed E-state index contributed by atoms with van der Waals surface area (Å²) in [4.78, 5) is 0. The SMILES string of the molecule is CC(C)C[C@@H](N)c1ccc(O)cc1F. The lowest BCUT2D eigenvalue weighted by atomic mass is 9.97. The second-order valence-corrected chi connectivity index (χ2v) is 3.94. The van der Waals surface area contributed by atoms with Crippen LogP contribution in [0.1, 0.15) is 31.9 Å². The van der Waals surface area contributed by atoms with Gasteiger partial charge in [-0.2, -0.15) is 0 Å². The molecule has 1 aromatic carbocycles. The number of nitrogens with two attached hydrogens (primary N) is 1. The van der Waals surface area contributed by atoms with E-state index < -0.39 is 5.82 Å². The summed E-state index contributed by atoms with van der Waals surface area (Å²) in [7, 11) is 0. The predicted molar refractivity (Wildman–Crippen MR) is 54.4 cm³/mol. The third-order valence-corrected chi connectivity index (χ3v) is 2.11. The summed E-state index contributed by atoms with van der Waals surface area (Å²) in [6.45, 7) is 4.08. The Bertz CT molecular complexity index is 312. The van der Waals surface area contributed by atoms with Crippen molar-refractivity contribution in [2.24, 2.45) is 11.7 Å². The molecule has 0 amide bonds. The van der Waals surface area contributed by atoms with E-state index in [0.29, 0.717) is 11.5 Å². The van der Waals surface area contributed by atoms with Crippen molar-refractivity contribution in [1.29, 1.82) is 0 Å². The van der Waals surface area contributed by atoms with E-state index in [1.165, 1.54) is 12.1 Å². The zero-order valence-corrected chi connectivity index (χ0v) is 8.50. The monoisotopic (exact) mass is 197 g/mol. The molecule has 0 radical (unpaired) electrons. The van der Waals surface area contributed by atoms with Gasteiger partial charge < -0.3 is 10.8 Å². The summed E-state index contributed by atoms with van der Waals surface area (Å²) in [5, 5.41) is 9.02. The molecule has 0 saturated heterocycles. The van der Waals surface area contributed by atoms with Crippen LogP contribution in [-0.4, -0.2) is 5.11 Å². The first kappa shape index (κ1) is 11.0. The van der Waals surface area contributed by atoms with Crippen LogP contribution in [0.4, 0.5) is 4.39 Å². The molecule has 3 heteroatoms. The van der Waals surface area contributed by atoms with E-state index in [9.17, 15) is 4.39 Å². The number of hydrogen-bond donors (Lipinski definition) is 2. The first-order chi connectivity index (χ1) is 6.50. The molecule has 1 aromatic rings. The van der Waals surface area contributed by atoms with Crippen molar-refractivity contribution in [1.82, 2.24) is 0 Å². The summed E-state index contributed by atoms with van der Waals surface area (Å²) in [6.07, 6.45) is 0.738. The Kier molecular flexibility index (Phi) is 3.47. The Labute approximate surface area is 83.6 Å². The molecule has 2 nitrogen and oxygen atoms in total. The maximum Gasteiger partial charge on any atom is 0.131 e. The van der Waals surface area contributed by atoms with E-state index in [-0.39, 0.29) is 11.8 Å². The number of phenols is 1. The Morgan fingerprint density at radius 1 is 1.43 bits per heavy atom. The Morgan fingerprint density at radius 3 is 2.57 bits per heavy atom. The lowest BCUT2D eigenvalue weighted by molar-refractivity contribution is 0.459. The molecule has 0 aliphatic carbocycles. The van der Waals surface area contributed by atoms with Gasteiger partial charge in [-0.05, 0) is 18.4 Å². The quantitative estimate of drug-likeness (QED) is 0.782. The molecule has 0 aromatic heterocycles. The van der Waals surface area contributed by atoms with Crippen LogP contribution in [0.15, 0.2) is 18.2 Å². The summed E-state index contributed by atoms with van der Waals surface area (Å²) in [5.41, 5.74) is 6.29. The number of rotatable bonds is 3. The number of aromatic hydroxyl groups is 1. The summed E-state index contributed by atoms with van der Waals surface area (Å²) in [6, 6.07) is 3.79. The van der Waals surface area contributed by atoms with Gasteiger partial charge in [-0.25, -0.2) is 4.39 Å². The normalized spacial score (nSPS) is 13.2. The van der Waals surface area contributed by atoms with Gasteiger partial charge in [-0.3, -0.25) is 0 Å².